The lowest BCUT2D eigenvalue weighted by Gasteiger charge is -2.16. The molecule has 0 heterocycles. The molecule has 21 heavy (non-hydrogen) atoms. The lowest BCUT2D eigenvalue weighted by molar-refractivity contribution is -0.123. The third-order valence-electron chi connectivity index (χ3n) is 3.43. The van der Waals surface area contributed by atoms with Crippen LogP contribution in [0.25, 0.3) is 0 Å². The number of hydrogen-bond donors (Lipinski definition) is 1. The fourth-order valence-electron chi connectivity index (χ4n) is 2.27. The van der Waals surface area contributed by atoms with Crippen molar-refractivity contribution in [1.82, 2.24) is 5.32 Å². The van der Waals surface area contributed by atoms with Crippen LogP contribution in [0.15, 0.2) is 48.5 Å². The summed E-state index contributed by atoms with van der Waals surface area (Å²) in [7, 11) is 0. The van der Waals surface area contributed by atoms with Crippen LogP contribution in [0.1, 0.15) is 29.7 Å². The van der Waals surface area contributed by atoms with E-state index < -0.39 is 0 Å². The minimum Gasteiger partial charge on any atom is -0.483 e. The van der Waals surface area contributed by atoms with E-state index in [-0.39, 0.29) is 18.6 Å². The van der Waals surface area contributed by atoms with Crippen LogP contribution >= 0.6 is 0 Å². The first-order valence-corrected chi connectivity index (χ1v) is 7.11. The van der Waals surface area contributed by atoms with Gasteiger partial charge in [-0.15, -0.1) is 0 Å². The summed E-state index contributed by atoms with van der Waals surface area (Å²) in [5.74, 6) is 0.675. The van der Waals surface area contributed by atoms with E-state index in [1.165, 1.54) is 0 Å². The number of aryl methyl sites for hydroxylation is 2. The molecule has 1 atom stereocenters. The lowest BCUT2D eigenvalue weighted by Crippen LogP contribution is -2.31. The van der Waals surface area contributed by atoms with E-state index in [0.717, 1.165) is 22.4 Å². The van der Waals surface area contributed by atoms with Gasteiger partial charge in [0.15, 0.2) is 6.61 Å². The van der Waals surface area contributed by atoms with Crippen molar-refractivity contribution < 1.29 is 9.53 Å². The Kier molecular flexibility index (Phi) is 4.99. The van der Waals surface area contributed by atoms with Crippen LogP contribution in [0.4, 0.5) is 0 Å². The van der Waals surface area contributed by atoms with E-state index in [4.69, 9.17) is 4.74 Å². The second-order valence-electron chi connectivity index (χ2n) is 5.21. The molecule has 0 aliphatic carbocycles. The van der Waals surface area contributed by atoms with Gasteiger partial charge < -0.3 is 10.1 Å². The predicted octanol–water partition coefficient (Wildman–Crippen LogP) is 3.56. The minimum absolute atomic E-state index is 0.0275. The van der Waals surface area contributed by atoms with Crippen molar-refractivity contribution in [2.45, 2.75) is 26.8 Å². The highest BCUT2D eigenvalue weighted by Gasteiger charge is 2.11. The molecule has 2 aromatic carbocycles. The molecule has 0 spiro atoms. The second kappa shape index (κ2) is 6.93. The smallest absolute Gasteiger partial charge is 0.258 e. The molecule has 1 amide bonds. The van der Waals surface area contributed by atoms with Gasteiger partial charge in [-0.1, -0.05) is 48.5 Å². The molecule has 110 valence electrons. The maximum Gasteiger partial charge on any atom is 0.258 e. The normalized spacial score (nSPS) is 11.8. The Labute approximate surface area is 126 Å². The van der Waals surface area contributed by atoms with E-state index >= 15 is 0 Å². The first-order valence-electron chi connectivity index (χ1n) is 7.11. The summed E-state index contributed by atoms with van der Waals surface area (Å²) >= 11 is 0. The Morgan fingerprint density at radius 3 is 2.29 bits per heavy atom. The van der Waals surface area contributed by atoms with Gasteiger partial charge in [-0.2, -0.15) is 0 Å². The summed E-state index contributed by atoms with van der Waals surface area (Å²) in [6.07, 6.45) is 0. The van der Waals surface area contributed by atoms with Gasteiger partial charge in [-0.3, -0.25) is 4.79 Å². The summed E-state index contributed by atoms with van der Waals surface area (Å²) in [6, 6.07) is 15.8. The first kappa shape index (κ1) is 15.1. The van der Waals surface area contributed by atoms with E-state index in [9.17, 15) is 4.79 Å². The molecule has 0 unspecified atom stereocenters. The maximum absolute atomic E-state index is 12.0. The van der Waals surface area contributed by atoms with Crippen molar-refractivity contribution in [3.05, 3.63) is 65.2 Å². The molecular formula is C18H21NO2. The zero-order chi connectivity index (χ0) is 15.2. The third-order valence-corrected chi connectivity index (χ3v) is 3.43. The molecule has 1 N–H and O–H groups in total. The molecule has 0 fully saturated rings. The Morgan fingerprint density at radius 2 is 1.67 bits per heavy atom. The fraction of sp³-hybridized carbons (Fsp3) is 0.278. The Balaban J connectivity index is 1.91. The van der Waals surface area contributed by atoms with E-state index in [2.05, 4.69) is 5.32 Å². The quantitative estimate of drug-likeness (QED) is 0.911. The van der Waals surface area contributed by atoms with Crippen molar-refractivity contribution >= 4 is 5.91 Å². The fourth-order valence-corrected chi connectivity index (χ4v) is 2.27. The molecule has 0 aliphatic rings. The van der Waals surface area contributed by atoms with Gasteiger partial charge in [-0.25, -0.2) is 0 Å². The molecule has 0 radical (unpaired) electrons. The topological polar surface area (TPSA) is 38.3 Å². The number of para-hydroxylation sites is 1. The lowest BCUT2D eigenvalue weighted by atomic mass is 10.1. The average molecular weight is 283 g/mol. The summed E-state index contributed by atoms with van der Waals surface area (Å²) in [6.45, 7) is 5.95. The van der Waals surface area contributed by atoms with Crippen LogP contribution in [0.2, 0.25) is 0 Å². The minimum atomic E-state index is -0.117. The number of carbonyl (C=O) groups excluding carboxylic acids is 1. The Morgan fingerprint density at radius 1 is 1.05 bits per heavy atom. The van der Waals surface area contributed by atoms with Gasteiger partial charge in [0.25, 0.3) is 5.91 Å². The summed E-state index contributed by atoms with van der Waals surface area (Å²) < 4.78 is 5.65. The van der Waals surface area contributed by atoms with Gasteiger partial charge in [-0.05, 0) is 37.5 Å². The first-order chi connectivity index (χ1) is 10.1. The van der Waals surface area contributed by atoms with E-state index in [1.54, 1.807) is 0 Å². The van der Waals surface area contributed by atoms with Crippen LogP contribution < -0.4 is 10.1 Å². The Bertz CT molecular complexity index is 588. The highest BCUT2D eigenvalue weighted by molar-refractivity contribution is 5.78. The number of benzene rings is 2. The van der Waals surface area contributed by atoms with Crippen molar-refractivity contribution in [2.75, 3.05) is 6.61 Å². The van der Waals surface area contributed by atoms with Crippen molar-refractivity contribution in [3.63, 3.8) is 0 Å². The largest absolute Gasteiger partial charge is 0.483 e. The molecule has 3 nitrogen and oxygen atoms in total. The number of carbonyl (C=O) groups is 1. The van der Waals surface area contributed by atoms with E-state index in [1.807, 2.05) is 69.3 Å². The van der Waals surface area contributed by atoms with Gasteiger partial charge in [0.1, 0.15) is 5.75 Å². The molecule has 0 bridgehead atoms. The molecule has 3 heteroatoms. The zero-order valence-corrected chi connectivity index (χ0v) is 12.7. The van der Waals surface area contributed by atoms with E-state index in [0.29, 0.717) is 0 Å². The molecular weight excluding hydrogens is 262 g/mol. The van der Waals surface area contributed by atoms with Crippen LogP contribution in [0.3, 0.4) is 0 Å². The second-order valence-corrected chi connectivity index (χ2v) is 5.21. The number of amides is 1. The number of rotatable bonds is 5. The van der Waals surface area contributed by atoms with Gasteiger partial charge in [0, 0.05) is 0 Å². The van der Waals surface area contributed by atoms with Crippen LogP contribution in [-0.2, 0) is 4.79 Å². The van der Waals surface area contributed by atoms with Crippen molar-refractivity contribution in [2.24, 2.45) is 0 Å². The number of nitrogens with one attached hydrogen (secondary N) is 1. The molecule has 0 saturated heterocycles. The SMILES string of the molecule is Cc1cccc(C)c1OCC(=O)N[C@H](C)c1ccccc1. The average Bonchev–Trinajstić information content (AvgIpc) is 2.47. The Hall–Kier alpha value is -2.29. The van der Waals surface area contributed by atoms with Crippen molar-refractivity contribution in [1.29, 1.82) is 0 Å². The summed E-state index contributed by atoms with van der Waals surface area (Å²) in [4.78, 5) is 12.0. The monoisotopic (exact) mass is 283 g/mol. The highest BCUT2D eigenvalue weighted by atomic mass is 16.5. The van der Waals surface area contributed by atoms with Crippen LogP contribution in [0, 0.1) is 13.8 Å². The van der Waals surface area contributed by atoms with Gasteiger partial charge in [0.05, 0.1) is 6.04 Å². The van der Waals surface area contributed by atoms with Crippen LogP contribution in [0.5, 0.6) is 5.75 Å². The molecule has 0 aromatic heterocycles. The zero-order valence-electron chi connectivity index (χ0n) is 12.7. The molecule has 0 saturated carbocycles. The molecule has 0 aliphatic heterocycles. The molecule has 2 aromatic rings. The molecule has 2 rings (SSSR count). The number of hydrogen-bond acceptors (Lipinski definition) is 2. The van der Waals surface area contributed by atoms with Crippen LogP contribution in [-0.4, -0.2) is 12.5 Å². The van der Waals surface area contributed by atoms with Gasteiger partial charge >= 0.3 is 0 Å². The predicted molar refractivity (Wildman–Crippen MR) is 84.4 cm³/mol. The standard InChI is InChI=1S/C18H21NO2/c1-13-8-7-9-14(2)18(13)21-12-17(20)19-15(3)16-10-5-4-6-11-16/h4-11,15H,12H2,1-3H3,(H,19,20)/t15-/m1/s1. The maximum atomic E-state index is 12.0. The van der Waals surface area contributed by atoms with Crippen molar-refractivity contribution in [3.8, 4) is 5.75 Å². The summed E-state index contributed by atoms with van der Waals surface area (Å²) in [5, 5.41) is 2.94. The summed E-state index contributed by atoms with van der Waals surface area (Å²) in [5.41, 5.74) is 3.16. The van der Waals surface area contributed by atoms with Gasteiger partial charge in [0.2, 0.25) is 0 Å². The number of ether oxygens (including phenoxy) is 1. The highest BCUT2D eigenvalue weighted by Crippen LogP contribution is 2.22. The third kappa shape index (κ3) is 4.09.